The monoisotopic (exact) mass is 371 g/mol. The van der Waals surface area contributed by atoms with Crippen LogP contribution in [0.1, 0.15) is 50.4 Å². The molecule has 1 unspecified atom stereocenters. The lowest BCUT2D eigenvalue weighted by atomic mass is 9.81. The predicted molar refractivity (Wildman–Crippen MR) is 96.6 cm³/mol. The number of nitrogens with zero attached hydrogens (tertiary/aromatic N) is 1. The molecule has 6 atom stereocenters. The van der Waals surface area contributed by atoms with Crippen molar-refractivity contribution in [2.24, 2.45) is 17.8 Å². The highest BCUT2D eigenvalue weighted by atomic mass is 16.6. The highest BCUT2D eigenvalue weighted by Gasteiger charge is 2.55. The molecular weight excluding hydrogens is 346 g/mol. The van der Waals surface area contributed by atoms with Gasteiger partial charge in [0.2, 0.25) is 0 Å². The second-order valence-electron chi connectivity index (χ2n) is 8.26. The van der Waals surface area contributed by atoms with Crippen molar-refractivity contribution in [2.45, 2.75) is 57.8 Å². The van der Waals surface area contributed by atoms with Gasteiger partial charge in [-0.15, -0.1) is 0 Å². The van der Waals surface area contributed by atoms with Crippen LogP contribution < -0.4 is 0 Å². The Labute approximate surface area is 158 Å². The molecule has 1 aromatic heterocycles. The molecular formula is C21H25NO5. The summed E-state index contributed by atoms with van der Waals surface area (Å²) in [7, 11) is 0. The lowest BCUT2D eigenvalue weighted by molar-refractivity contribution is -0.143. The van der Waals surface area contributed by atoms with Crippen molar-refractivity contribution in [3.8, 4) is 0 Å². The van der Waals surface area contributed by atoms with E-state index in [4.69, 9.17) is 9.47 Å². The fraction of sp³-hybridized carbons (Fsp3) is 0.571. The second-order valence-corrected chi connectivity index (χ2v) is 8.26. The van der Waals surface area contributed by atoms with Gasteiger partial charge in [0.15, 0.2) is 0 Å². The molecule has 27 heavy (non-hydrogen) atoms. The smallest absolute Gasteiger partial charge is 0.338 e. The number of hydrogen-bond acceptors (Lipinski definition) is 6. The van der Waals surface area contributed by atoms with Crippen molar-refractivity contribution < 1.29 is 24.2 Å². The van der Waals surface area contributed by atoms with Gasteiger partial charge in [-0.3, -0.25) is 9.78 Å². The first-order valence-corrected chi connectivity index (χ1v) is 9.54. The SMILES string of the molecule is CC1=C2C(C[C@@H]1OC(=O)c1ccncc1)[C@](C)(O)CC[C@H]1[C@H](C)C(=O)O[C@H]21. The largest absolute Gasteiger partial charge is 0.457 e. The van der Waals surface area contributed by atoms with Crippen LogP contribution in [-0.4, -0.2) is 39.8 Å². The average molecular weight is 371 g/mol. The minimum absolute atomic E-state index is 0.0635. The van der Waals surface area contributed by atoms with Crippen molar-refractivity contribution >= 4 is 11.9 Å². The Morgan fingerprint density at radius 2 is 2.07 bits per heavy atom. The summed E-state index contributed by atoms with van der Waals surface area (Å²) >= 11 is 0. The molecule has 1 aromatic rings. The highest BCUT2D eigenvalue weighted by molar-refractivity contribution is 5.89. The molecule has 6 heteroatoms. The molecule has 3 aliphatic rings. The Bertz CT molecular complexity index is 800. The van der Waals surface area contributed by atoms with Crippen LogP contribution >= 0.6 is 0 Å². The standard InChI is InChI=1S/C21H25NO5/c1-11-14-4-7-21(3,25)15-10-16(12(2)17(15)18(14)27-19(11)23)26-20(24)13-5-8-22-9-6-13/h5-6,8-9,11,14-16,18,25H,4,7,10H2,1-3H3/t11-,14-,15?,16-,18-,21+/m0/s1. The minimum Gasteiger partial charge on any atom is -0.457 e. The van der Waals surface area contributed by atoms with Gasteiger partial charge in [0.25, 0.3) is 0 Å². The molecule has 0 aromatic carbocycles. The number of hydrogen-bond donors (Lipinski definition) is 1. The maximum Gasteiger partial charge on any atom is 0.338 e. The van der Waals surface area contributed by atoms with E-state index >= 15 is 0 Å². The van der Waals surface area contributed by atoms with E-state index in [0.717, 1.165) is 17.6 Å². The lowest BCUT2D eigenvalue weighted by Crippen LogP contribution is -2.35. The number of aliphatic hydroxyl groups is 1. The van der Waals surface area contributed by atoms with Gasteiger partial charge in [-0.25, -0.2) is 4.79 Å². The summed E-state index contributed by atoms with van der Waals surface area (Å²) in [5.41, 5.74) is 1.39. The first-order valence-electron chi connectivity index (χ1n) is 9.54. The summed E-state index contributed by atoms with van der Waals surface area (Å²) in [6.45, 7) is 5.66. The van der Waals surface area contributed by atoms with Crippen LogP contribution in [-0.2, 0) is 14.3 Å². The minimum atomic E-state index is -0.912. The molecule has 2 heterocycles. The van der Waals surface area contributed by atoms with Crippen molar-refractivity contribution in [1.29, 1.82) is 0 Å². The van der Waals surface area contributed by atoms with E-state index in [-0.39, 0.29) is 29.8 Å². The van der Waals surface area contributed by atoms with E-state index in [0.29, 0.717) is 18.4 Å². The Hall–Kier alpha value is -2.21. The van der Waals surface area contributed by atoms with E-state index in [2.05, 4.69) is 4.98 Å². The van der Waals surface area contributed by atoms with Gasteiger partial charge in [0, 0.05) is 24.2 Å². The zero-order valence-corrected chi connectivity index (χ0v) is 15.8. The van der Waals surface area contributed by atoms with Crippen LogP contribution in [0.3, 0.4) is 0 Å². The van der Waals surface area contributed by atoms with Crippen LogP contribution in [0.5, 0.6) is 0 Å². The molecule has 0 spiro atoms. The average Bonchev–Trinajstić information content (AvgIpc) is 3.08. The maximum absolute atomic E-state index is 12.5. The molecule has 1 N–H and O–H groups in total. The van der Waals surface area contributed by atoms with E-state index < -0.39 is 17.7 Å². The van der Waals surface area contributed by atoms with Gasteiger partial charge in [-0.05, 0) is 56.4 Å². The Kier molecular flexibility index (Phi) is 4.34. The van der Waals surface area contributed by atoms with Gasteiger partial charge < -0.3 is 14.6 Å². The van der Waals surface area contributed by atoms with Gasteiger partial charge in [0.05, 0.1) is 17.1 Å². The number of carbonyl (C=O) groups excluding carboxylic acids is 2. The van der Waals surface area contributed by atoms with Crippen molar-refractivity contribution in [1.82, 2.24) is 4.98 Å². The number of carbonyl (C=O) groups is 2. The van der Waals surface area contributed by atoms with E-state index in [1.54, 1.807) is 24.5 Å². The first-order chi connectivity index (χ1) is 12.8. The topological polar surface area (TPSA) is 85.7 Å². The van der Waals surface area contributed by atoms with Gasteiger partial charge in [-0.1, -0.05) is 6.92 Å². The van der Waals surface area contributed by atoms with Crippen LogP contribution in [0.4, 0.5) is 0 Å². The predicted octanol–water partition coefficient (Wildman–Crippen LogP) is 2.67. The maximum atomic E-state index is 12.5. The molecule has 0 amide bonds. The summed E-state index contributed by atoms with van der Waals surface area (Å²) in [6.07, 6.45) is 4.22. The molecule has 2 fully saturated rings. The van der Waals surface area contributed by atoms with Crippen LogP contribution in [0.2, 0.25) is 0 Å². The quantitative estimate of drug-likeness (QED) is 0.635. The van der Waals surface area contributed by atoms with Gasteiger partial charge in [-0.2, -0.15) is 0 Å². The zero-order chi connectivity index (χ0) is 19.3. The molecule has 0 radical (unpaired) electrons. The fourth-order valence-corrected chi connectivity index (χ4v) is 4.90. The molecule has 4 rings (SSSR count). The third-order valence-electron chi connectivity index (χ3n) is 6.62. The molecule has 0 bridgehead atoms. The Balaban J connectivity index is 1.65. The number of fused-ring (bicyclic) bond motifs is 3. The van der Waals surface area contributed by atoms with Crippen molar-refractivity contribution in [2.75, 3.05) is 0 Å². The molecule has 1 saturated heterocycles. The summed E-state index contributed by atoms with van der Waals surface area (Å²) in [5, 5.41) is 11.1. The molecule has 144 valence electrons. The number of ether oxygens (including phenoxy) is 2. The molecule has 6 nitrogen and oxygen atoms in total. The fourth-order valence-electron chi connectivity index (χ4n) is 4.90. The van der Waals surface area contributed by atoms with Gasteiger partial charge in [0.1, 0.15) is 12.2 Å². The third-order valence-corrected chi connectivity index (χ3v) is 6.62. The number of aromatic nitrogens is 1. The summed E-state index contributed by atoms with van der Waals surface area (Å²) in [6, 6.07) is 3.23. The van der Waals surface area contributed by atoms with Crippen LogP contribution in [0.25, 0.3) is 0 Å². The lowest BCUT2D eigenvalue weighted by Gasteiger charge is -2.31. The normalized spacial score (nSPS) is 38.1. The molecule has 1 aliphatic heterocycles. The van der Waals surface area contributed by atoms with Crippen LogP contribution in [0.15, 0.2) is 35.7 Å². The highest BCUT2D eigenvalue weighted by Crippen LogP contribution is 2.52. The zero-order valence-electron chi connectivity index (χ0n) is 15.8. The Morgan fingerprint density at radius 3 is 2.78 bits per heavy atom. The molecule has 2 aliphatic carbocycles. The van der Waals surface area contributed by atoms with Crippen LogP contribution in [0, 0.1) is 17.8 Å². The number of pyridine rings is 1. The summed E-state index contributed by atoms with van der Waals surface area (Å²) in [4.78, 5) is 28.6. The van der Waals surface area contributed by atoms with E-state index in [1.165, 1.54) is 0 Å². The van der Waals surface area contributed by atoms with E-state index in [9.17, 15) is 14.7 Å². The Morgan fingerprint density at radius 1 is 1.37 bits per heavy atom. The third kappa shape index (κ3) is 2.96. The number of rotatable bonds is 2. The van der Waals surface area contributed by atoms with Crippen molar-refractivity contribution in [3.63, 3.8) is 0 Å². The first kappa shape index (κ1) is 18.2. The molecule has 1 saturated carbocycles. The van der Waals surface area contributed by atoms with Gasteiger partial charge >= 0.3 is 11.9 Å². The number of esters is 2. The van der Waals surface area contributed by atoms with Crippen molar-refractivity contribution in [3.05, 3.63) is 41.2 Å². The van der Waals surface area contributed by atoms with E-state index in [1.807, 2.05) is 20.8 Å². The summed E-state index contributed by atoms with van der Waals surface area (Å²) in [5.74, 6) is -0.882. The summed E-state index contributed by atoms with van der Waals surface area (Å²) < 4.78 is 11.5. The second kappa shape index (κ2) is 6.44.